The topological polar surface area (TPSA) is 147 Å². The van der Waals surface area contributed by atoms with E-state index in [1.54, 1.807) is 23.3 Å². The van der Waals surface area contributed by atoms with Crippen LogP contribution in [0.4, 0.5) is 0 Å². The van der Waals surface area contributed by atoms with Crippen LogP contribution in [0.3, 0.4) is 0 Å². The molecule has 11 heteroatoms. The first-order chi connectivity index (χ1) is 18.3. The number of benzene rings is 1. The molecule has 0 aliphatic carbocycles. The van der Waals surface area contributed by atoms with Crippen molar-refractivity contribution in [1.29, 1.82) is 0 Å². The fourth-order valence-electron chi connectivity index (χ4n) is 5.55. The van der Waals surface area contributed by atoms with Crippen LogP contribution in [0.25, 0.3) is 0 Å². The van der Waals surface area contributed by atoms with Gasteiger partial charge in [-0.1, -0.05) is 30.3 Å². The number of nitrogens with zero attached hydrogens (tertiary/aromatic N) is 2. The number of piperidine rings is 1. The van der Waals surface area contributed by atoms with E-state index in [4.69, 9.17) is 11.5 Å². The molecule has 2 aromatic rings. The predicted molar refractivity (Wildman–Crippen MR) is 152 cm³/mol. The van der Waals surface area contributed by atoms with Crippen molar-refractivity contribution in [3.05, 3.63) is 52.5 Å². The normalized spacial score (nSPS) is 26.3. The van der Waals surface area contributed by atoms with Crippen LogP contribution >= 0.6 is 23.1 Å². The van der Waals surface area contributed by atoms with Gasteiger partial charge in [0.25, 0.3) is 0 Å². The summed E-state index contributed by atoms with van der Waals surface area (Å²) in [6.45, 7) is 2.65. The van der Waals surface area contributed by atoms with Crippen molar-refractivity contribution in [2.45, 2.75) is 81.3 Å². The molecule has 9 nitrogen and oxygen atoms in total. The Bertz CT molecular complexity index is 1040. The van der Waals surface area contributed by atoms with E-state index in [2.05, 4.69) is 46.8 Å². The van der Waals surface area contributed by atoms with Gasteiger partial charge in [0.15, 0.2) is 5.01 Å². The first-order valence-corrected chi connectivity index (χ1v) is 15.3. The minimum Gasteiger partial charge on any atom is -0.378 e. The molecule has 1 aromatic heterocycles. The lowest BCUT2D eigenvalue weighted by atomic mass is 9.86. The summed E-state index contributed by atoms with van der Waals surface area (Å²) in [5.41, 5.74) is 12.4. The van der Waals surface area contributed by atoms with Gasteiger partial charge >= 0.3 is 0 Å². The van der Waals surface area contributed by atoms with Gasteiger partial charge in [-0.3, -0.25) is 19.8 Å². The second kappa shape index (κ2) is 13.5. The third kappa shape index (κ3) is 7.20. The van der Waals surface area contributed by atoms with Crippen molar-refractivity contribution in [2.24, 2.45) is 17.4 Å². The third-order valence-electron chi connectivity index (χ3n) is 7.63. The Labute approximate surface area is 233 Å². The molecule has 3 unspecified atom stereocenters. The molecule has 2 aliphatic heterocycles. The molecule has 5 atom stereocenters. The molecule has 4 rings (SSSR count). The number of aryl methyl sites for hydroxylation is 1. The van der Waals surface area contributed by atoms with Gasteiger partial charge in [0.1, 0.15) is 18.6 Å². The van der Waals surface area contributed by atoms with Crippen LogP contribution in [0.2, 0.25) is 0 Å². The molecule has 38 heavy (non-hydrogen) atoms. The number of Topliss-reactive ketones (excluding diaryl/α,β-unsaturated/α-hetero) is 1. The van der Waals surface area contributed by atoms with Crippen molar-refractivity contribution in [3.8, 4) is 0 Å². The van der Waals surface area contributed by atoms with E-state index in [1.807, 2.05) is 11.0 Å². The van der Waals surface area contributed by atoms with Crippen molar-refractivity contribution in [3.63, 3.8) is 0 Å². The van der Waals surface area contributed by atoms with Crippen molar-refractivity contribution in [1.82, 2.24) is 20.5 Å². The van der Waals surface area contributed by atoms with Crippen LogP contribution in [0.15, 0.2) is 41.9 Å². The summed E-state index contributed by atoms with van der Waals surface area (Å²) >= 11 is 2.99. The highest BCUT2D eigenvalue weighted by molar-refractivity contribution is 8.00. The number of ketones is 1. The van der Waals surface area contributed by atoms with Crippen LogP contribution in [-0.4, -0.2) is 68.5 Å². The number of nitrogens with one attached hydrogen (secondary N) is 2. The van der Waals surface area contributed by atoms with E-state index in [1.165, 1.54) is 16.9 Å². The first-order valence-electron chi connectivity index (χ1n) is 13.4. The highest BCUT2D eigenvalue weighted by Crippen LogP contribution is 2.49. The largest absolute Gasteiger partial charge is 0.378 e. The maximum absolute atomic E-state index is 13.6. The lowest BCUT2D eigenvalue weighted by molar-refractivity contribution is -0.145. The average molecular weight is 561 g/mol. The van der Waals surface area contributed by atoms with Crippen LogP contribution in [0.5, 0.6) is 0 Å². The number of amides is 1. The summed E-state index contributed by atoms with van der Waals surface area (Å²) in [5, 5.41) is 19.5. The Hall–Kier alpha value is -1.86. The minimum absolute atomic E-state index is 0.111. The van der Waals surface area contributed by atoms with E-state index in [0.29, 0.717) is 30.1 Å². The van der Waals surface area contributed by atoms with Crippen molar-refractivity contribution in [2.75, 3.05) is 12.3 Å². The Morgan fingerprint density at radius 3 is 2.76 bits per heavy atom. The Balaban J connectivity index is 1.40. The van der Waals surface area contributed by atoms with Crippen molar-refractivity contribution < 1.29 is 14.7 Å². The summed E-state index contributed by atoms with van der Waals surface area (Å²) in [5.74, 6) is 0.276. The molecule has 0 radical (unpaired) electrons. The highest BCUT2D eigenvalue weighted by atomic mass is 32.2. The summed E-state index contributed by atoms with van der Waals surface area (Å²) < 4.78 is 0. The third-order valence-corrected chi connectivity index (χ3v) is 9.94. The lowest BCUT2D eigenvalue weighted by Crippen LogP contribution is -2.61. The SMILES string of the molecule is C[C@]12CCC(CCCc3ccccc3)C(O)N1[C@H](C(=O)NC(CCCNC(N)N)C(=O)c1nccs1)CS2. The molecule has 0 bridgehead atoms. The molecule has 3 heterocycles. The second-order valence-electron chi connectivity index (χ2n) is 10.4. The van der Waals surface area contributed by atoms with Gasteiger partial charge < -0.3 is 21.9 Å². The molecule has 7 N–H and O–H groups in total. The molecular formula is C27H40N6O3S2. The lowest BCUT2D eigenvalue weighted by Gasteiger charge is -2.48. The zero-order valence-corrected chi connectivity index (χ0v) is 23.6. The van der Waals surface area contributed by atoms with E-state index in [9.17, 15) is 14.7 Å². The average Bonchev–Trinajstić information content (AvgIpc) is 3.56. The van der Waals surface area contributed by atoms with Gasteiger partial charge in [-0.2, -0.15) is 0 Å². The molecular weight excluding hydrogens is 520 g/mol. The van der Waals surface area contributed by atoms with E-state index in [0.717, 1.165) is 32.1 Å². The summed E-state index contributed by atoms with van der Waals surface area (Å²) in [7, 11) is 0. The molecule has 2 fully saturated rings. The Kier molecular flexibility index (Phi) is 10.3. The number of aliphatic hydroxyl groups is 1. The number of carbonyl (C=O) groups excluding carboxylic acids is 2. The van der Waals surface area contributed by atoms with Gasteiger partial charge in [0.05, 0.1) is 10.9 Å². The van der Waals surface area contributed by atoms with Gasteiger partial charge in [0.2, 0.25) is 11.7 Å². The van der Waals surface area contributed by atoms with E-state index in [-0.39, 0.29) is 22.5 Å². The Morgan fingerprint density at radius 2 is 2.05 bits per heavy atom. The Morgan fingerprint density at radius 1 is 1.26 bits per heavy atom. The van der Waals surface area contributed by atoms with E-state index >= 15 is 0 Å². The number of thioether (sulfide) groups is 1. The zero-order chi connectivity index (χ0) is 27.1. The van der Waals surface area contributed by atoms with Gasteiger partial charge in [-0.15, -0.1) is 23.1 Å². The standard InChI is InChI=1S/C27H40N6O3S2/c1-27-13-12-19(10-5-9-18-7-3-2-4-8-18)25(36)33(27)21(17-38-27)23(35)32-20(11-6-14-31-26(28)29)22(34)24-30-15-16-37-24/h2-4,7-8,15-16,19-21,25-26,31,36H,5-6,9-14,17,28-29H2,1H3,(H,32,35)/t19?,20?,21-,25?,27-/m0/s1. The van der Waals surface area contributed by atoms with Crippen molar-refractivity contribution >= 4 is 34.8 Å². The molecule has 0 spiro atoms. The summed E-state index contributed by atoms with van der Waals surface area (Å²) in [6, 6.07) is 9.19. The fraction of sp³-hybridized carbons (Fsp3) is 0.593. The molecule has 1 aromatic carbocycles. The number of rotatable bonds is 13. The van der Waals surface area contributed by atoms with Crippen LogP contribution in [0.1, 0.15) is 60.8 Å². The number of hydrogen-bond acceptors (Lipinski definition) is 10. The summed E-state index contributed by atoms with van der Waals surface area (Å²) in [4.78, 5) is 32.7. The minimum atomic E-state index is -0.704. The molecule has 2 aliphatic rings. The quantitative estimate of drug-likeness (QED) is 0.141. The van der Waals surface area contributed by atoms with Gasteiger partial charge in [-0.05, 0) is 69.9 Å². The number of nitrogens with two attached hydrogens (primary N) is 2. The maximum atomic E-state index is 13.6. The molecule has 0 saturated carbocycles. The molecule has 1 amide bonds. The van der Waals surface area contributed by atoms with Crippen LogP contribution in [0, 0.1) is 5.92 Å². The number of aliphatic hydroxyl groups excluding tert-OH is 1. The number of thiazole rings is 1. The number of carbonyl (C=O) groups is 2. The number of aromatic nitrogens is 1. The van der Waals surface area contributed by atoms with Crippen LogP contribution in [-0.2, 0) is 11.2 Å². The van der Waals surface area contributed by atoms with Gasteiger partial charge in [0, 0.05) is 17.3 Å². The molecule has 208 valence electrons. The zero-order valence-electron chi connectivity index (χ0n) is 21.9. The molecule has 2 saturated heterocycles. The first kappa shape index (κ1) is 29.1. The maximum Gasteiger partial charge on any atom is 0.238 e. The fourth-order valence-corrected chi connectivity index (χ4v) is 7.66. The number of fused-ring (bicyclic) bond motifs is 1. The van der Waals surface area contributed by atoms with Crippen LogP contribution < -0.4 is 22.1 Å². The van der Waals surface area contributed by atoms with Gasteiger partial charge in [-0.25, -0.2) is 4.98 Å². The monoisotopic (exact) mass is 560 g/mol. The summed E-state index contributed by atoms with van der Waals surface area (Å²) in [6.07, 6.45) is 6.04. The predicted octanol–water partition coefficient (Wildman–Crippen LogP) is 2.27. The smallest absolute Gasteiger partial charge is 0.238 e. The van der Waals surface area contributed by atoms with E-state index < -0.39 is 24.6 Å². The number of hydrogen-bond donors (Lipinski definition) is 5. The highest BCUT2D eigenvalue weighted by Gasteiger charge is 2.53. The second-order valence-corrected chi connectivity index (χ2v) is 12.8.